The van der Waals surface area contributed by atoms with Crippen molar-refractivity contribution in [3.63, 3.8) is 0 Å². The normalized spacial score (nSPS) is 28.5. The fourth-order valence-corrected chi connectivity index (χ4v) is 2.93. The van der Waals surface area contributed by atoms with Crippen LogP contribution in [-0.2, 0) is 6.61 Å². The summed E-state index contributed by atoms with van der Waals surface area (Å²) in [5.74, 6) is 2.25. The molecule has 0 bridgehead atoms. The van der Waals surface area contributed by atoms with Crippen LogP contribution >= 0.6 is 11.6 Å². The van der Waals surface area contributed by atoms with E-state index in [9.17, 15) is 5.11 Å². The van der Waals surface area contributed by atoms with Crippen LogP contribution in [0.5, 0.6) is 0 Å². The van der Waals surface area contributed by atoms with Crippen molar-refractivity contribution in [1.82, 2.24) is 4.98 Å². The van der Waals surface area contributed by atoms with Crippen molar-refractivity contribution in [1.29, 1.82) is 0 Å². The summed E-state index contributed by atoms with van der Waals surface area (Å²) in [6.07, 6.45) is 1.26. The number of halogens is 1. The quantitative estimate of drug-likeness (QED) is 0.895. The van der Waals surface area contributed by atoms with Crippen molar-refractivity contribution in [2.24, 2.45) is 11.8 Å². The van der Waals surface area contributed by atoms with E-state index in [0.29, 0.717) is 28.6 Å². The Hall–Kier alpha value is -0.800. The number of piperidine rings is 1. The van der Waals surface area contributed by atoms with E-state index in [-0.39, 0.29) is 6.61 Å². The zero-order valence-corrected chi connectivity index (χ0v) is 12.0. The Kier molecular flexibility index (Phi) is 4.13. The fraction of sp³-hybridized carbons (Fsp3) is 0.643. The van der Waals surface area contributed by atoms with Crippen LogP contribution in [0, 0.1) is 11.8 Å². The second-order valence-corrected chi connectivity index (χ2v) is 5.87. The summed E-state index contributed by atoms with van der Waals surface area (Å²) in [4.78, 5) is 6.81. The molecule has 2 rings (SSSR count). The number of nitrogens with zero attached hydrogens (tertiary/aromatic N) is 2. The van der Waals surface area contributed by atoms with Crippen LogP contribution < -0.4 is 4.90 Å². The standard InChI is InChI=1S/C14H21ClN2O/c1-9-6-10(2)11(3)17(7-9)14-5-4-12(15)13(8-18)16-14/h4-5,9-11,18H,6-8H2,1-3H3. The lowest BCUT2D eigenvalue weighted by molar-refractivity contribution is 0.275. The first kappa shape index (κ1) is 13.6. The molecule has 1 aromatic heterocycles. The molecule has 18 heavy (non-hydrogen) atoms. The molecule has 0 aliphatic carbocycles. The van der Waals surface area contributed by atoms with E-state index in [0.717, 1.165) is 12.4 Å². The van der Waals surface area contributed by atoms with Crippen LogP contribution in [0.25, 0.3) is 0 Å². The predicted octanol–water partition coefficient (Wildman–Crippen LogP) is 3.10. The summed E-state index contributed by atoms with van der Waals surface area (Å²) >= 11 is 5.99. The molecule has 2 heterocycles. The smallest absolute Gasteiger partial charge is 0.129 e. The first-order chi connectivity index (χ1) is 8.52. The van der Waals surface area contributed by atoms with Gasteiger partial charge in [0.05, 0.1) is 17.3 Å². The molecule has 1 N–H and O–H groups in total. The Balaban J connectivity index is 2.29. The van der Waals surface area contributed by atoms with Gasteiger partial charge in [-0.05, 0) is 37.3 Å². The molecule has 3 nitrogen and oxygen atoms in total. The summed E-state index contributed by atoms with van der Waals surface area (Å²) in [7, 11) is 0. The highest BCUT2D eigenvalue weighted by molar-refractivity contribution is 6.31. The topological polar surface area (TPSA) is 36.4 Å². The van der Waals surface area contributed by atoms with Gasteiger partial charge >= 0.3 is 0 Å². The van der Waals surface area contributed by atoms with E-state index in [2.05, 4.69) is 30.7 Å². The molecule has 100 valence electrons. The van der Waals surface area contributed by atoms with Crippen LogP contribution in [0.3, 0.4) is 0 Å². The highest BCUT2D eigenvalue weighted by Crippen LogP contribution is 2.31. The number of aliphatic hydroxyl groups excluding tert-OH is 1. The van der Waals surface area contributed by atoms with Gasteiger partial charge in [0.2, 0.25) is 0 Å². The lowest BCUT2D eigenvalue weighted by atomic mass is 9.86. The van der Waals surface area contributed by atoms with Gasteiger partial charge in [0.15, 0.2) is 0 Å². The minimum Gasteiger partial charge on any atom is -0.390 e. The van der Waals surface area contributed by atoms with Crippen molar-refractivity contribution in [2.45, 2.75) is 39.8 Å². The zero-order valence-electron chi connectivity index (χ0n) is 11.2. The van der Waals surface area contributed by atoms with Crippen molar-refractivity contribution >= 4 is 17.4 Å². The van der Waals surface area contributed by atoms with E-state index in [1.54, 1.807) is 0 Å². The maximum absolute atomic E-state index is 9.25. The van der Waals surface area contributed by atoms with Crippen molar-refractivity contribution < 1.29 is 5.11 Å². The number of rotatable bonds is 2. The molecule has 0 amide bonds. The van der Waals surface area contributed by atoms with Gasteiger partial charge in [-0.3, -0.25) is 0 Å². The van der Waals surface area contributed by atoms with Crippen LogP contribution in [0.4, 0.5) is 5.82 Å². The van der Waals surface area contributed by atoms with Gasteiger partial charge in [-0.25, -0.2) is 4.98 Å². The van der Waals surface area contributed by atoms with Crippen molar-refractivity contribution in [3.05, 3.63) is 22.8 Å². The second-order valence-electron chi connectivity index (χ2n) is 5.47. The van der Waals surface area contributed by atoms with Gasteiger partial charge in [0, 0.05) is 12.6 Å². The second kappa shape index (κ2) is 5.45. The van der Waals surface area contributed by atoms with Gasteiger partial charge in [-0.2, -0.15) is 0 Å². The largest absolute Gasteiger partial charge is 0.390 e. The predicted molar refractivity (Wildman–Crippen MR) is 74.9 cm³/mol. The number of aliphatic hydroxyl groups is 1. The summed E-state index contributed by atoms with van der Waals surface area (Å²) in [5, 5.41) is 9.78. The summed E-state index contributed by atoms with van der Waals surface area (Å²) in [5.41, 5.74) is 0.562. The molecular formula is C14H21ClN2O. The van der Waals surface area contributed by atoms with Crippen LogP contribution in [0.2, 0.25) is 5.02 Å². The molecule has 3 unspecified atom stereocenters. The van der Waals surface area contributed by atoms with E-state index < -0.39 is 0 Å². The van der Waals surface area contributed by atoms with E-state index in [1.807, 2.05) is 12.1 Å². The van der Waals surface area contributed by atoms with Crippen LogP contribution in [-0.4, -0.2) is 22.7 Å². The molecule has 4 heteroatoms. The molecule has 0 saturated carbocycles. The third kappa shape index (κ3) is 2.62. The summed E-state index contributed by atoms with van der Waals surface area (Å²) < 4.78 is 0. The van der Waals surface area contributed by atoms with Crippen LogP contribution in [0.1, 0.15) is 32.9 Å². The van der Waals surface area contributed by atoms with Crippen molar-refractivity contribution in [3.8, 4) is 0 Å². The SMILES string of the molecule is CC1CC(C)C(C)N(c2ccc(Cl)c(CO)n2)C1. The highest BCUT2D eigenvalue weighted by atomic mass is 35.5. The molecule has 1 aliphatic heterocycles. The average Bonchev–Trinajstić information content (AvgIpc) is 2.34. The third-order valence-electron chi connectivity index (χ3n) is 3.95. The first-order valence-corrected chi connectivity index (χ1v) is 6.93. The van der Waals surface area contributed by atoms with Gasteiger partial charge in [0.25, 0.3) is 0 Å². The number of hydrogen-bond acceptors (Lipinski definition) is 3. The van der Waals surface area contributed by atoms with E-state index in [1.165, 1.54) is 6.42 Å². The van der Waals surface area contributed by atoms with E-state index in [4.69, 9.17) is 11.6 Å². The first-order valence-electron chi connectivity index (χ1n) is 6.55. The maximum atomic E-state index is 9.25. The molecule has 1 fully saturated rings. The zero-order chi connectivity index (χ0) is 13.3. The molecule has 1 aromatic rings. The minimum absolute atomic E-state index is 0.111. The Labute approximate surface area is 114 Å². The Morgan fingerprint density at radius 2 is 2.11 bits per heavy atom. The molecule has 0 aromatic carbocycles. The maximum Gasteiger partial charge on any atom is 0.129 e. The van der Waals surface area contributed by atoms with Crippen LogP contribution in [0.15, 0.2) is 12.1 Å². The molecular weight excluding hydrogens is 248 g/mol. The Morgan fingerprint density at radius 3 is 2.78 bits per heavy atom. The monoisotopic (exact) mass is 268 g/mol. The van der Waals surface area contributed by atoms with Gasteiger partial charge in [0.1, 0.15) is 5.82 Å². The Morgan fingerprint density at radius 1 is 1.39 bits per heavy atom. The highest BCUT2D eigenvalue weighted by Gasteiger charge is 2.29. The van der Waals surface area contributed by atoms with Crippen molar-refractivity contribution in [2.75, 3.05) is 11.4 Å². The summed E-state index contributed by atoms with van der Waals surface area (Å²) in [6.45, 7) is 7.71. The number of hydrogen-bond donors (Lipinski definition) is 1. The molecule has 0 spiro atoms. The number of pyridine rings is 1. The molecule has 1 saturated heterocycles. The third-order valence-corrected chi connectivity index (χ3v) is 4.29. The van der Waals surface area contributed by atoms with E-state index >= 15 is 0 Å². The number of aromatic nitrogens is 1. The van der Waals surface area contributed by atoms with Gasteiger partial charge in [-0.1, -0.05) is 25.4 Å². The Bertz CT molecular complexity index is 424. The fourth-order valence-electron chi connectivity index (χ4n) is 2.76. The molecule has 0 radical (unpaired) electrons. The lowest BCUT2D eigenvalue weighted by Gasteiger charge is -2.42. The average molecular weight is 269 g/mol. The molecule has 3 atom stereocenters. The molecule has 1 aliphatic rings. The minimum atomic E-state index is -0.111. The number of anilines is 1. The lowest BCUT2D eigenvalue weighted by Crippen LogP contribution is -2.46. The van der Waals surface area contributed by atoms with Gasteiger partial charge < -0.3 is 10.0 Å². The van der Waals surface area contributed by atoms with Gasteiger partial charge in [-0.15, -0.1) is 0 Å². The summed E-state index contributed by atoms with van der Waals surface area (Å²) in [6, 6.07) is 4.25.